The minimum atomic E-state index is -0.390. The number of methoxy groups -OCH3 is 1. The smallest absolute Gasteiger partial charge is 0.165 e. The van der Waals surface area contributed by atoms with Crippen molar-refractivity contribution in [1.82, 2.24) is 14.4 Å². The van der Waals surface area contributed by atoms with Crippen LogP contribution in [0, 0.1) is 5.82 Å². The van der Waals surface area contributed by atoms with Crippen LogP contribution in [0.15, 0.2) is 43.0 Å². The van der Waals surface area contributed by atoms with Crippen molar-refractivity contribution in [2.45, 2.75) is 0 Å². The summed E-state index contributed by atoms with van der Waals surface area (Å²) in [4.78, 5) is 8.20. The number of rotatable bonds is 2. The number of ether oxygens (including phenoxy) is 1. The molecule has 18 heavy (non-hydrogen) atoms. The summed E-state index contributed by atoms with van der Waals surface area (Å²) in [7, 11) is 1.44. The van der Waals surface area contributed by atoms with Gasteiger partial charge in [0.1, 0.15) is 0 Å². The van der Waals surface area contributed by atoms with Crippen LogP contribution in [0.4, 0.5) is 4.39 Å². The molecular weight excluding hydrogens is 233 g/mol. The summed E-state index contributed by atoms with van der Waals surface area (Å²) in [5, 5.41) is 0. The van der Waals surface area contributed by atoms with Gasteiger partial charge in [0.05, 0.1) is 25.2 Å². The molecule has 0 unspecified atom stereocenters. The van der Waals surface area contributed by atoms with Crippen molar-refractivity contribution in [3.8, 4) is 17.0 Å². The van der Waals surface area contributed by atoms with E-state index in [9.17, 15) is 4.39 Å². The molecule has 4 nitrogen and oxygen atoms in total. The highest BCUT2D eigenvalue weighted by atomic mass is 19.1. The first-order valence-corrected chi connectivity index (χ1v) is 5.40. The number of nitrogens with zero attached hydrogens (tertiary/aromatic N) is 3. The van der Waals surface area contributed by atoms with Crippen LogP contribution in [-0.2, 0) is 0 Å². The zero-order valence-corrected chi connectivity index (χ0v) is 9.67. The Bertz CT molecular complexity index is 708. The van der Waals surface area contributed by atoms with Crippen LogP contribution in [0.3, 0.4) is 0 Å². The second kappa shape index (κ2) is 4.10. The van der Waals surface area contributed by atoms with Gasteiger partial charge >= 0.3 is 0 Å². The van der Waals surface area contributed by atoms with E-state index in [-0.39, 0.29) is 11.6 Å². The summed E-state index contributed by atoms with van der Waals surface area (Å²) in [5.41, 5.74) is 2.28. The number of halogens is 1. The molecule has 0 saturated heterocycles. The maximum atomic E-state index is 13.7. The average Bonchev–Trinajstić information content (AvgIpc) is 2.82. The van der Waals surface area contributed by atoms with Crippen molar-refractivity contribution in [1.29, 1.82) is 0 Å². The van der Waals surface area contributed by atoms with Crippen molar-refractivity contribution < 1.29 is 9.13 Å². The van der Waals surface area contributed by atoms with Gasteiger partial charge < -0.3 is 4.74 Å². The highest BCUT2D eigenvalue weighted by molar-refractivity contribution is 5.64. The second-order valence-electron chi connectivity index (χ2n) is 3.80. The van der Waals surface area contributed by atoms with E-state index in [2.05, 4.69) is 9.97 Å². The molecule has 0 saturated carbocycles. The summed E-state index contributed by atoms with van der Waals surface area (Å²) in [6.45, 7) is 0. The van der Waals surface area contributed by atoms with Crippen molar-refractivity contribution in [3.63, 3.8) is 0 Å². The zero-order valence-electron chi connectivity index (χ0n) is 9.67. The Hall–Kier alpha value is -2.43. The quantitative estimate of drug-likeness (QED) is 0.694. The second-order valence-corrected chi connectivity index (χ2v) is 3.80. The highest BCUT2D eigenvalue weighted by Crippen LogP contribution is 2.25. The molecule has 0 aliphatic carbocycles. The largest absolute Gasteiger partial charge is 0.494 e. The fourth-order valence-corrected chi connectivity index (χ4v) is 1.88. The van der Waals surface area contributed by atoms with E-state index in [0.717, 1.165) is 16.9 Å². The Morgan fingerprint density at radius 2 is 2.17 bits per heavy atom. The molecule has 0 N–H and O–H groups in total. The molecule has 3 rings (SSSR count). The van der Waals surface area contributed by atoms with Gasteiger partial charge in [-0.05, 0) is 18.2 Å². The van der Waals surface area contributed by atoms with E-state index in [4.69, 9.17) is 4.74 Å². The first-order valence-electron chi connectivity index (χ1n) is 5.40. The third-order valence-electron chi connectivity index (χ3n) is 2.76. The maximum absolute atomic E-state index is 13.7. The third kappa shape index (κ3) is 1.60. The molecule has 0 atom stereocenters. The van der Waals surface area contributed by atoms with Gasteiger partial charge in [0.25, 0.3) is 0 Å². The van der Waals surface area contributed by atoms with Gasteiger partial charge in [-0.3, -0.25) is 9.38 Å². The van der Waals surface area contributed by atoms with E-state index in [0.29, 0.717) is 0 Å². The fourth-order valence-electron chi connectivity index (χ4n) is 1.88. The molecule has 1 aromatic carbocycles. The summed E-state index contributed by atoms with van der Waals surface area (Å²) < 4.78 is 20.4. The molecule has 0 bridgehead atoms. The van der Waals surface area contributed by atoms with Crippen molar-refractivity contribution in [2.24, 2.45) is 0 Å². The van der Waals surface area contributed by atoms with Crippen LogP contribution in [0.1, 0.15) is 0 Å². The van der Waals surface area contributed by atoms with E-state index < -0.39 is 0 Å². The first-order chi connectivity index (χ1) is 8.79. The van der Waals surface area contributed by atoms with Gasteiger partial charge in [0.15, 0.2) is 17.2 Å². The molecule has 2 heterocycles. The number of hydrogen-bond acceptors (Lipinski definition) is 3. The lowest BCUT2D eigenvalue weighted by Crippen LogP contribution is -1.91. The normalized spacial score (nSPS) is 10.8. The molecule has 0 fully saturated rings. The minimum Gasteiger partial charge on any atom is -0.494 e. The summed E-state index contributed by atoms with van der Waals surface area (Å²) >= 11 is 0. The van der Waals surface area contributed by atoms with Crippen LogP contribution in [-0.4, -0.2) is 21.5 Å². The van der Waals surface area contributed by atoms with Crippen LogP contribution in [0.5, 0.6) is 5.75 Å². The first kappa shape index (κ1) is 10.7. The number of benzene rings is 1. The van der Waals surface area contributed by atoms with Gasteiger partial charge in [-0.25, -0.2) is 9.37 Å². The molecule has 0 aliphatic rings. The van der Waals surface area contributed by atoms with E-state index in [1.807, 2.05) is 4.40 Å². The van der Waals surface area contributed by atoms with Crippen molar-refractivity contribution in [2.75, 3.05) is 7.11 Å². The van der Waals surface area contributed by atoms with Crippen LogP contribution in [0.25, 0.3) is 16.9 Å². The van der Waals surface area contributed by atoms with Gasteiger partial charge in [-0.2, -0.15) is 0 Å². The lowest BCUT2D eigenvalue weighted by molar-refractivity contribution is 0.386. The lowest BCUT2D eigenvalue weighted by atomic mass is 10.1. The Labute approximate surface area is 103 Å². The molecule has 0 amide bonds. The maximum Gasteiger partial charge on any atom is 0.165 e. The molecule has 0 spiro atoms. The Morgan fingerprint density at radius 1 is 1.28 bits per heavy atom. The standard InChI is InChI=1S/C13H10FN3O/c1-18-12-3-2-9(6-10(12)14)11-7-16-13-8-15-4-5-17(11)13/h2-8H,1H3. The van der Waals surface area contributed by atoms with E-state index >= 15 is 0 Å². The number of imidazole rings is 1. The zero-order chi connectivity index (χ0) is 12.5. The molecule has 0 radical (unpaired) electrons. The third-order valence-corrected chi connectivity index (χ3v) is 2.76. The summed E-state index contributed by atoms with van der Waals surface area (Å²) in [6, 6.07) is 4.83. The van der Waals surface area contributed by atoms with E-state index in [1.165, 1.54) is 13.2 Å². The number of aromatic nitrogens is 3. The van der Waals surface area contributed by atoms with Gasteiger partial charge in [-0.15, -0.1) is 0 Å². The molecule has 90 valence electrons. The fraction of sp³-hybridized carbons (Fsp3) is 0.0769. The summed E-state index contributed by atoms with van der Waals surface area (Å²) in [5.74, 6) is -0.159. The molecular formula is C13H10FN3O. The van der Waals surface area contributed by atoms with Crippen LogP contribution in [0.2, 0.25) is 0 Å². The summed E-state index contributed by atoms with van der Waals surface area (Å²) in [6.07, 6.45) is 6.81. The molecule has 0 aliphatic heterocycles. The van der Waals surface area contributed by atoms with Gasteiger partial charge in [0, 0.05) is 18.0 Å². The Morgan fingerprint density at radius 3 is 2.94 bits per heavy atom. The van der Waals surface area contributed by atoms with E-state index in [1.54, 1.807) is 36.9 Å². The predicted molar refractivity (Wildman–Crippen MR) is 64.9 cm³/mol. The van der Waals surface area contributed by atoms with Crippen molar-refractivity contribution in [3.05, 3.63) is 48.8 Å². The lowest BCUT2D eigenvalue weighted by Gasteiger charge is -2.05. The molecule has 5 heteroatoms. The number of hydrogen-bond donors (Lipinski definition) is 0. The SMILES string of the molecule is COc1ccc(-c2cnc3cnccn23)cc1F. The molecule has 3 aromatic rings. The van der Waals surface area contributed by atoms with Crippen molar-refractivity contribution >= 4 is 5.65 Å². The predicted octanol–water partition coefficient (Wildman–Crippen LogP) is 2.54. The van der Waals surface area contributed by atoms with Crippen LogP contribution >= 0.6 is 0 Å². The van der Waals surface area contributed by atoms with Crippen LogP contribution < -0.4 is 4.74 Å². The Balaban J connectivity index is 2.17. The topological polar surface area (TPSA) is 39.4 Å². The molecule has 2 aromatic heterocycles. The minimum absolute atomic E-state index is 0.231. The Kier molecular flexibility index (Phi) is 2.44. The number of fused-ring (bicyclic) bond motifs is 1. The highest BCUT2D eigenvalue weighted by Gasteiger charge is 2.09. The monoisotopic (exact) mass is 243 g/mol. The van der Waals surface area contributed by atoms with Gasteiger partial charge in [-0.1, -0.05) is 0 Å². The average molecular weight is 243 g/mol. The van der Waals surface area contributed by atoms with Gasteiger partial charge in [0.2, 0.25) is 0 Å².